The molecular weight excluding hydrogens is 218 g/mol. The largest absolute Gasteiger partial charge is 0.479 e. The molecule has 2 atom stereocenters. The molecule has 0 radical (unpaired) electrons. The summed E-state index contributed by atoms with van der Waals surface area (Å²) in [5.74, 6) is -3.10. The van der Waals surface area contributed by atoms with Crippen molar-refractivity contribution < 1.29 is 34.1 Å². The minimum Gasteiger partial charge on any atom is -0.479 e. The molecule has 0 rings (SSSR count). The Balaban J connectivity index is 4.26. The van der Waals surface area contributed by atoms with Crippen LogP contribution >= 0.6 is 0 Å². The van der Waals surface area contributed by atoms with Crippen LogP contribution in [0.25, 0.3) is 0 Å². The summed E-state index contributed by atoms with van der Waals surface area (Å²) in [6, 6.07) is 0. The van der Waals surface area contributed by atoms with Crippen LogP contribution in [0.1, 0.15) is 0 Å². The number of aliphatic hydroxyl groups is 1. The van der Waals surface area contributed by atoms with Gasteiger partial charge >= 0.3 is 11.9 Å². The SMILES string of the molecule is C[N+](C)(C)CCOC(C(=O)O)C(O)C(=O)O. The predicted octanol–water partition coefficient (Wildman–Crippen LogP) is -1.39. The Labute approximate surface area is 93.4 Å². The van der Waals surface area contributed by atoms with Crippen LogP contribution in [0.3, 0.4) is 0 Å². The van der Waals surface area contributed by atoms with E-state index in [-0.39, 0.29) is 6.61 Å². The van der Waals surface area contributed by atoms with Gasteiger partial charge in [-0.25, -0.2) is 9.59 Å². The molecule has 0 aliphatic carbocycles. The Kier molecular flexibility index (Phi) is 5.36. The second-order valence-corrected chi connectivity index (χ2v) is 4.43. The van der Waals surface area contributed by atoms with Gasteiger partial charge in [-0.05, 0) is 0 Å². The second-order valence-electron chi connectivity index (χ2n) is 4.43. The maximum absolute atomic E-state index is 10.6. The molecule has 0 amide bonds. The summed E-state index contributed by atoms with van der Waals surface area (Å²) in [5.41, 5.74) is 0. The van der Waals surface area contributed by atoms with Crippen molar-refractivity contribution in [3.8, 4) is 0 Å². The van der Waals surface area contributed by atoms with Crippen LogP contribution in [0.5, 0.6) is 0 Å². The van der Waals surface area contributed by atoms with Gasteiger partial charge in [0.2, 0.25) is 0 Å². The second kappa shape index (κ2) is 5.78. The van der Waals surface area contributed by atoms with Gasteiger partial charge in [0.25, 0.3) is 0 Å². The lowest BCUT2D eigenvalue weighted by atomic mass is 10.2. The number of carbonyl (C=O) groups is 2. The highest BCUT2D eigenvalue weighted by Gasteiger charge is 2.33. The Hall–Kier alpha value is -1.18. The zero-order valence-corrected chi connectivity index (χ0v) is 9.58. The van der Waals surface area contributed by atoms with Gasteiger partial charge in [0, 0.05) is 0 Å². The molecular formula is C9H18NO6+. The quantitative estimate of drug-likeness (QED) is 0.470. The monoisotopic (exact) mass is 236 g/mol. The molecule has 0 saturated heterocycles. The van der Waals surface area contributed by atoms with Crippen LogP contribution in [0, 0.1) is 0 Å². The van der Waals surface area contributed by atoms with Crippen LogP contribution < -0.4 is 0 Å². The standard InChI is InChI=1S/C9H17NO6/c1-10(2,3)4-5-16-7(9(14)15)6(11)8(12)13/h6-7,11H,4-5H2,1-3H3,(H-,12,13,14,15)/p+1. The van der Waals surface area contributed by atoms with E-state index >= 15 is 0 Å². The molecule has 7 nitrogen and oxygen atoms in total. The number of aliphatic carboxylic acids is 2. The lowest BCUT2D eigenvalue weighted by Crippen LogP contribution is -2.44. The minimum atomic E-state index is -2.05. The van der Waals surface area contributed by atoms with E-state index in [2.05, 4.69) is 0 Å². The van der Waals surface area contributed by atoms with Crippen LogP contribution in [-0.2, 0) is 14.3 Å². The third-order valence-electron chi connectivity index (χ3n) is 1.84. The van der Waals surface area contributed by atoms with Crippen molar-refractivity contribution in [3.05, 3.63) is 0 Å². The molecule has 0 bridgehead atoms. The molecule has 0 saturated carbocycles. The number of nitrogens with zero attached hydrogens (tertiary/aromatic N) is 1. The van der Waals surface area contributed by atoms with Crippen molar-refractivity contribution in [1.29, 1.82) is 0 Å². The van der Waals surface area contributed by atoms with Crippen LogP contribution in [0.2, 0.25) is 0 Å². The third kappa shape index (κ3) is 5.64. The minimum absolute atomic E-state index is 0.0603. The van der Waals surface area contributed by atoms with Crippen LogP contribution in [0.15, 0.2) is 0 Å². The maximum atomic E-state index is 10.6. The van der Waals surface area contributed by atoms with Gasteiger partial charge in [-0.3, -0.25) is 0 Å². The molecule has 94 valence electrons. The zero-order valence-electron chi connectivity index (χ0n) is 9.58. The van der Waals surface area contributed by atoms with Gasteiger partial charge in [0.1, 0.15) is 6.54 Å². The van der Waals surface area contributed by atoms with E-state index in [1.807, 2.05) is 21.1 Å². The fourth-order valence-electron chi connectivity index (χ4n) is 0.881. The molecule has 0 spiro atoms. The number of quaternary nitrogens is 1. The lowest BCUT2D eigenvalue weighted by Gasteiger charge is -2.25. The summed E-state index contributed by atoms with van der Waals surface area (Å²) in [4.78, 5) is 21.1. The molecule has 0 aliphatic rings. The lowest BCUT2D eigenvalue weighted by molar-refractivity contribution is -0.870. The average Bonchev–Trinajstić information content (AvgIpc) is 2.08. The highest BCUT2D eigenvalue weighted by atomic mass is 16.5. The summed E-state index contributed by atoms with van der Waals surface area (Å²) in [6.45, 7) is 0.570. The number of ether oxygens (including phenoxy) is 1. The highest BCUT2D eigenvalue weighted by Crippen LogP contribution is 2.02. The summed E-state index contributed by atoms with van der Waals surface area (Å²) in [6.07, 6.45) is -3.78. The first kappa shape index (κ1) is 14.8. The Morgan fingerprint density at radius 3 is 2.00 bits per heavy atom. The Bertz CT molecular complexity index is 259. The predicted molar refractivity (Wildman–Crippen MR) is 53.9 cm³/mol. The smallest absolute Gasteiger partial charge is 0.336 e. The number of hydrogen-bond donors (Lipinski definition) is 3. The molecule has 0 aromatic carbocycles. The van der Waals surface area contributed by atoms with Gasteiger partial charge in [-0.15, -0.1) is 0 Å². The normalized spacial score (nSPS) is 15.5. The summed E-state index contributed by atoms with van der Waals surface area (Å²) in [5, 5.41) is 26.2. The zero-order chi connectivity index (χ0) is 12.9. The summed E-state index contributed by atoms with van der Waals surface area (Å²) in [7, 11) is 5.65. The molecule has 0 heterocycles. The number of likely N-dealkylation sites (N-methyl/N-ethyl adjacent to an activating group) is 1. The molecule has 0 fully saturated rings. The number of aliphatic hydroxyl groups excluding tert-OH is 1. The fraction of sp³-hybridized carbons (Fsp3) is 0.778. The van der Waals surface area contributed by atoms with E-state index in [1.54, 1.807) is 0 Å². The molecule has 3 N–H and O–H groups in total. The van der Waals surface area contributed by atoms with Crippen LogP contribution in [-0.4, -0.2) is 78.2 Å². The maximum Gasteiger partial charge on any atom is 0.336 e. The Morgan fingerprint density at radius 2 is 1.69 bits per heavy atom. The summed E-state index contributed by atoms with van der Waals surface area (Å²) >= 11 is 0. The first-order chi connectivity index (χ1) is 7.15. The summed E-state index contributed by atoms with van der Waals surface area (Å²) < 4.78 is 5.41. The van der Waals surface area contributed by atoms with Crippen molar-refractivity contribution in [3.63, 3.8) is 0 Å². The average molecular weight is 236 g/mol. The third-order valence-corrected chi connectivity index (χ3v) is 1.84. The molecule has 16 heavy (non-hydrogen) atoms. The number of carboxylic acids is 2. The van der Waals surface area contributed by atoms with Crippen molar-refractivity contribution in [2.24, 2.45) is 0 Å². The first-order valence-corrected chi connectivity index (χ1v) is 4.71. The molecule has 0 aromatic rings. The number of hydrogen-bond acceptors (Lipinski definition) is 4. The molecule has 0 aliphatic heterocycles. The Morgan fingerprint density at radius 1 is 1.19 bits per heavy atom. The fourth-order valence-corrected chi connectivity index (χ4v) is 0.881. The van der Waals surface area contributed by atoms with E-state index in [9.17, 15) is 9.59 Å². The van der Waals surface area contributed by atoms with E-state index < -0.39 is 24.1 Å². The topological polar surface area (TPSA) is 104 Å². The van der Waals surface area contributed by atoms with Crippen molar-refractivity contribution in [2.75, 3.05) is 34.3 Å². The van der Waals surface area contributed by atoms with Gasteiger partial charge in [-0.2, -0.15) is 0 Å². The van der Waals surface area contributed by atoms with Crippen molar-refractivity contribution in [2.45, 2.75) is 12.2 Å². The van der Waals surface area contributed by atoms with Gasteiger partial charge in [0.15, 0.2) is 12.2 Å². The molecule has 2 unspecified atom stereocenters. The van der Waals surface area contributed by atoms with E-state index in [1.165, 1.54) is 0 Å². The molecule has 0 aromatic heterocycles. The highest BCUT2D eigenvalue weighted by molar-refractivity contribution is 5.83. The first-order valence-electron chi connectivity index (χ1n) is 4.71. The van der Waals surface area contributed by atoms with Gasteiger partial charge in [-0.1, -0.05) is 0 Å². The van der Waals surface area contributed by atoms with Crippen molar-refractivity contribution >= 4 is 11.9 Å². The van der Waals surface area contributed by atoms with Gasteiger partial charge in [0.05, 0.1) is 27.7 Å². The number of carboxylic acid groups (broad SMARTS) is 2. The van der Waals surface area contributed by atoms with E-state index in [4.69, 9.17) is 20.1 Å². The van der Waals surface area contributed by atoms with E-state index in [0.29, 0.717) is 11.0 Å². The van der Waals surface area contributed by atoms with Crippen molar-refractivity contribution in [1.82, 2.24) is 0 Å². The van der Waals surface area contributed by atoms with Crippen LogP contribution in [0.4, 0.5) is 0 Å². The van der Waals surface area contributed by atoms with E-state index in [0.717, 1.165) is 0 Å². The molecule has 7 heteroatoms. The number of rotatable bonds is 7. The van der Waals surface area contributed by atoms with Gasteiger partial charge < -0.3 is 24.5 Å².